The molecule has 0 bridgehead atoms. The predicted molar refractivity (Wildman–Crippen MR) is 81.0 cm³/mol. The number of aromatic amines is 1. The lowest BCUT2D eigenvalue weighted by Gasteiger charge is -2.16. The van der Waals surface area contributed by atoms with Crippen LogP contribution in [0.3, 0.4) is 0 Å². The Labute approximate surface area is 133 Å². The number of carboxylic acids is 1. The molecule has 0 atom stereocenters. The van der Waals surface area contributed by atoms with Gasteiger partial charge in [0.25, 0.3) is 0 Å². The molecule has 0 aromatic carbocycles. The van der Waals surface area contributed by atoms with E-state index in [1.54, 1.807) is 0 Å². The molecule has 21 heavy (non-hydrogen) atoms. The van der Waals surface area contributed by atoms with Crippen molar-refractivity contribution in [3.63, 3.8) is 0 Å². The van der Waals surface area contributed by atoms with Crippen molar-refractivity contribution >= 4 is 43.3 Å². The lowest BCUT2D eigenvalue weighted by Crippen LogP contribution is -2.28. The monoisotopic (exact) mass is 393 g/mol. The summed E-state index contributed by atoms with van der Waals surface area (Å²) in [6, 6.07) is 1.82. The van der Waals surface area contributed by atoms with Gasteiger partial charge in [-0.25, -0.2) is 13.2 Å². The molecule has 2 heterocycles. The van der Waals surface area contributed by atoms with E-state index in [9.17, 15) is 13.2 Å². The molecule has 7 nitrogen and oxygen atoms in total. The molecule has 0 radical (unpaired) electrons. The number of aromatic carboxylic acids is 1. The van der Waals surface area contributed by atoms with Crippen LogP contribution in [0.2, 0.25) is 0 Å². The van der Waals surface area contributed by atoms with Crippen LogP contribution in [0.5, 0.6) is 0 Å². The quantitative estimate of drug-likeness (QED) is 0.808. The molecule has 0 unspecified atom stereocenters. The van der Waals surface area contributed by atoms with Crippen LogP contribution in [0.1, 0.15) is 21.7 Å². The molecule has 2 N–H and O–H groups in total. The Morgan fingerprint density at radius 1 is 1.57 bits per heavy atom. The molecule has 0 fully saturated rings. The highest BCUT2D eigenvalue weighted by Crippen LogP contribution is 2.25. The first-order chi connectivity index (χ1) is 9.73. The molecular weight excluding hydrogens is 382 g/mol. The molecule has 0 saturated carbocycles. The molecule has 0 aliphatic carbocycles. The summed E-state index contributed by atoms with van der Waals surface area (Å²) in [7, 11) is -2.54. The summed E-state index contributed by atoms with van der Waals surface area (Å²) in [4.78, 5) is 10.8. The summed E-state index contributed by atoms with van der Waals surface area (Å²) < 4.78 is 27.1. The summed E-state index contributed by atoms with van der Waals surface area (Å²) in [5.41, 5.74) is 0.521. The maximum atomic E-state index is 12.5. The molecule has 10 heteroatoms. The number of nitrogens with one attached hydrogen (secondary N) is 1. The van der Waals surface area contributed by atoms with Crippen LogP contribution in [0, 0.1) is 6.92 Å². The van der Waals surface area contributed by atoms with Crippen molar-refractivity contribution in [3.8, 4) is 0 Å². The average Bonchev–Trinajstić information content (AvgIpc) is 2.95. The van der Waals surface area contributed by atoms with Gasteiger partial charge in [0.05, 0.1) is 9.48 Å². The number of rotatable bonds is 5. The SMILES string of the molecule is Cc1[nH]nc(C(=O)O)c1S(=O)(=O)N(C)Cc1csc(Br)c1. The first-order valence-corrected chi connectivity index (χ1v) is 8.82. The van der Waals surface area contributed by atoms with Crippen LogP contribution < -0.4 is 0 Å². The van der Waals surface area contributed by atoms with Gasteiger partial charge in [-0.05, 0) is 39.9 Å². The number of hydrogen-bond donors (Lipinski definition) is 2. The van der Waals surface area contributed by atoms with Gasteiger partial charge < -0.3 is 5.11 Å². The highest BCUT2D eigenvalue weighted by atomic mass is 79.9. The van der Waals surface area contributed by atoms with E-state index in [-0.39, 0.29) is 17.1 Å². The highest BCUT2D eigenvalue weighted by molar-refractivity contribution is 9.11. The van der Waals surface area contributed by atoms with Gasteiger partial charge in [-0.3, -0.25) is 5.10 Å². The molecule has 114 valence electrons. The van der Waals surface area contributed by atoms with Gasteiger partial charge >= 0.3 is 5.97 Å². The van der Waals surface area contributed by atoms with E-state index in [2.05, 4.69) is 26.1 Å². The second kappa shape index (κ2) is 5.87. The van der Waals surface area contributed by atoms with Gasteiger partial charge in [0, 0.05) is 13.6 Å². The fourth-order valence-corrected chi connectivity index (χ4v) is 4.45. The van der Waals surface area contributed by atoms with Gasteiger partial charge in [0.15, 0.2) is 5.69 Å². The summed E-state index contributed by atoms with van der Waals surface area (Å²) in [5.74, 6) is -1.38. The van der Waals surface area contributed by atoms with Gasteiger partial charge in [-0.15, -0.1) is 11.3 Å². The standard InChI is InChI=1S/C11H12BrN3O4S2/c1-6-10(9(11(16)17)14-13-6)21(18,19)15(2)4-7-3-8(12)20-5-7/h3,5H,4H2,1-2H3,(H,13,14)(H,16,17). The molecule has 2 aromatic heterocycles. The number of halogens is 1. The van der Waals surface area contributed by atoms with Crippen molar-refractivity contribution in [1.82, 2.24) is 14.5 Å². The zero-order chi connectivity index (χ0) is 15.8. The third-order valence-electron chi connectivity index (χ3n) is 2.79. The van der Waals surface area contributed by atoms with Gasteiger partial charge in [-0.2, -0.15) is 9.40 Å². The van der Waals surface area contributed by atoms with E-state index >= 15 is 0 Å². The molecule has 0 spiro atoms. The number of thiophene rings is 1. The summed E-state index contributed by atoms with van der Waals surface area (Å²) in [6.07, 6.45) is 0. The van der Waals surface area contributed by atoms with Crippen molar-refractivity contribution in [2.75, 3.05) is 7.05 Å². The summed E-state index contributed by atoms with van der Waals surface area (Å²) >= 11 is 4.76. The first kappa shape index (κ1) is 16.1. The molecule has 0 aliphatic heterocycles. The van der Waals surface area contributed by atoms with E-state index in [1.807, 2.05) is 11.4 Å². The fraction of sp³-hybridized carbons (Fsp3) is 0.273. The second-order valence-electron chi connectivity index (χ2n) is 4.35. The molecule has 2 aromatic rings. The van der Waals surface area contributed by atoms with Crippen molar-refractivity contribution in [3.05, 3.63) is 32.2 Å². The number of aryl methyl sites for hydroxylation is 1. The Hall–Kier alpha value is -1.23. The van der Waals surface area contributed by atoms with Gasteiger partial charge in [0.2, 0.25) is 10.0 Å². The highest BCUT2D eigenvalue weighted by Gasteiger charge is 2.31. The van der Waals surface area contributed by atoms with E-state index < -0.39 is 21.7 Å². The van der Waals surface area contributed by atoms with Gasteiger partial charge in [0.1, 0.15) is 4.90 Å². The van der Waals surface area contributed by atoms with Gasteiger partial charge in [-0.1, -0.05) is 0 Å². The lowest BCUT2D eigenvalue weighted by atomic mass is 10.3. The zero-order valence-electron chi connectivity index (χ0n) is 11.1. The lowest BCUT2D eigenvalue weighted by molar-refractivity contribution is 0.0686. The summed E-state index contributed by atoms with van der Waals surface area (Å²) in [6.45, 7) is 1.62. The topological polar surface area (TPSA) is 103 Å². The minimum absolute atomic E-state index is 0.147. The van der Waals surface area contributed by atoms with Crippen LogP contribution >= 0.6 is 27.3 Å². The number of H-pyrrole nitrogens is 1. The van der Waals surface area contributed by atoms with E-state index in [0.29, 0.717) is 0 Å². The Kier molecular flexibility index (Phi) is 4.51. The average molecular weight is 394 g/mol. The number of aromatic nitrogens is 2. The van der Waals surface area contributed by atoms with E-state index in [4.69, 9.17) is 5.11 Å². The maximum absolute atomic E-state index is 12.5. The Morgan fingerprint density at radius 3 is 2.76 bits per heavy atom. The van der Waals surface area contributed by atoms with E-state index in [0.717, 1.165) is 13.7 Å². The van der Waals surface area contributed by atoms with Crippen LogP contribution in [-0.4, -0.2) is 41.0 Å². The number of sulfonamides is 1. The predicted octanol–water partition coefficient (Wildman–Crippen LogP) is 2.06. The van der Waals surface area contributed by atoms with E-state index in [1.165, 1.54) is 25.3 Å². The minimum Gasteiger partial charge on any atom is -0.476 e. The molecule has 0 amide bonds. The van der Waals surface area contributed by atoms with Crippen LogP contribution in [0.4, 0.5) is 0 Å². The Balaban J connectivity index is 2.37. The largest absolute Gasteiger partial charge is 0.476 e. The minimum atomic E-state index is -3.94. The Morgan fingerprint density at radius 2 is 2.24 bits per heavy atom. The third kappa shape index (κ3) is 3.18. The van der Waals surface area contributed by atoms with Crippen molar-refractivity contribution in [1.29, 1.82) is 0 Å². The maximum Gasteiger partial charge on any atom is 0.357 e. The number of hydrogen-bond acceptors (Lipinski definition) is 5. The fourth-order valence-electron chi connectivity index (χ4n) is 1.81. The molecule has 2 rings (SSSR count). The number of nitrogens with zero attached hydrogens (tertiary/aromatic N) is 2. The first-order valence-electron chi connectivity index (χ1n) is 5.71. The second-order valence-corrected chi connectivity index (χ2v) is 8.62. The van der Waals surface area contributed by atoms with Crippen LogP contribution in [0.25, 0.3) is 0 Å². The smallest absolute Gasteiger partial charge is 0.357 e. The molecule has 0 aliphatic rings. The number of carboxylic acid groups (broad SMARTS) is 1. The normalized spacial score (nSPS) is 12.0. The number of carbonyl (C=O) groups is 1. The zero-order valence-corrected chi connectivity index (χ0v) is 14.3. The van der Waals surface area contributed by atoms with Crippen LogP contribution in [-0.2, 0) is 16.6 Å². The summed E-state index contributed by atoms with van der Waals surface area (Å²) in [5, 5.41) is 16.8. The molecule has 0 saturated heterocycles. The van der Waals surface area contributed by atoms with Crippen molar-refractivity contribution in [2.45, 2.75) is 18.4 Å². The van der Waals surface area contributed by atoms with Crippen LogP contribution in [0.15, 0.2) is 20.1 Å². The Bertz CT molecular complexity index is 781. The van der Waals surface area contributed by atoms with Crippen molar-refractivity contribution < 1.29 is 18.3 Å². The van der Waals surface area contributed by atoms with Crippen molar-refractivity contribution in [2.24, 2.45) is 0 Å². The molecular formula is C11H12BrN3O4S2. The third-order valence-corrected chi connectivity index (χ3v) is 6.31.